The minimum atomic E-state index is -1.85. The first-order chi connectivity index (χ1) is 17.1. The molecule has 1 fully saturated rings. The predicted molar refractivity (Wildman–Crippen MR) is 129 cm³/mol. The van der Waals surface area contributed by atoms with Gasteiger partial charge in [0.1, 0.15) is 5.41 Å². The molecule has 0 N–H and O–H groups in total. The molecule has 1 saturated carbocycles. The second-order valence-electron chi connectivity index (χ2n) is 9.54. The van der Waals surface area contributed by atoms with Gasteiger partial charge in [0, 0.05) is 33.1 Å². The summed E-state index contributed by atoms with van der Waals surface area (Å²) in [7, 11) is 0. The van der Waals surface area contributed by atoms with E-state index in [2.05, 4.69) is 0 Å². The molecule has 0 unspecified atom stereocenters. The highest BCUT2D eigenvalue weighted by Gasteiger charge is 3.02. The first-order valence-corrected chi connectivity index (χ1v) is 11.6. The van der Waals surface area contributed by atoms with Gasteiger partial charge >= 0.3 is 0 Å². The van der Waals surface area contributed by atoms with Gasteiger partial charge in [-0.3, -0.25) is 19.7 Å². The lowest BCUT2D eigenvalue weighted by Gasteiger charge is -2.29. The van der Waals surface area contributed by atoms with Gasteiger partial charge in [-0.25, -0.2) is 0 Å². The summed E-state index contributed by atoms with van der Waals surface area (Å²) < 4.78 is 0. The van der Waals surface area contributed by atoms with Crippen LogP contribution >= 0.6 is 0 Å². The molecule has 0 aliphatic heterocycles. The summed E-state index contributed by atoms with van der Waals surface area (Å²) in [6, 6.07) is 31.8. The van der Waals surface area contributed by atoms with Crippen molar-refractivity contribution in [2.24, 2.45) is 5.41 Å². The number of carbonyl (C=O) groups excluding carboxylic acids is 2. The fourth-order valence-electron chi connectivity index (χ4n) is 7.48. The summed E-state index contributed by atoms with van der Waals surface area (Å²) in [6.07, 6.45) is 0. The maximum Gasteiger partial charge on any atom is 0.287 e. The van der Waals surface area contributed by atoms with Gasteiger partial charge in [-0.1, -0.05) is 109 Å². The van der Waals surface area contributed by atoms with Gasteiger partial charge in [-0.05, 0) is 11.1 Å². The Morgan fingerprint density at radius 1 is 0.629 bits per heavy atom. The largest absolute Gasteiger partial charge is 0.293 e. The molecule has 4 atom stereocenters. The van der Waals surface area contributed by atoms with Crippen molar-refractivity contribution in [2.75, 3.05) is 0 Å². The Morgan fingerprint density at radius 2 is 1.11 bits per heavy atom. The first kappa shape index (κ1) is 20.0. The zero-order valence-electron chi connectivity index (χ0n) is 18.5. The Bertz CT molecular complexity index is 1580. The number of hydrogen-bond donors (Lipinski definition) is 0. The molecule has 0 aromatic heterocycles. The van der Waals surface area contributed by atoms with Crippen LogP contribution in [0, 0.1) is 15.5 Å². The molecule has 0 radical (unpaired) electrons. The predicted octanol–water partition coefficient (Wildman–Crippen LogP) is 5.32. The third kappa shape index (κ3) is 1.88. The summed E-state index contributed by atoms with van der Waals surface area (Å²) in [5.74, 6) is -1.21. The molecular weight excluding hydrogens is 438 g/mol. The van der Waals surface area contributed by atoms with Crippen LogP contribution in [0.4, 0.5) is 0 Å². The van der Waals surface area contributed by atoms with Gasteiger partial charge in [-0.2, -0.15) is 0 Å². The summed E-state index contributed by atoms with van der Waals surface area (Å²) in [5.41, 5.74) is -1.67. The quantitative estimate of drug-likeness (QED) is 0.231. The van der Waals surface area contributed by atoms with Gasteiger partial charge in [0.25, 0.3) is 5.54 Å². The second kappa shape index (κ2) is 6.39. The molecule has 3 aliphatic rings. The summed E-state index contributed by atoms with van der Waals surface area (Å²) in [4.78, 5) is 42.1. The van der Waals surface area contributed by atoms with E-state index >= 15 is 0 Å². The highest BCUT2D eigenvalue weighted by molar-refractivity contribution is 6.22. The molecule has 7 rings (SSSR count). The number of hydrogen-bond acceptors (Lipinski definition) is 4. The number of fused-ring (bicyclic) bond motifs is 7. The van der Waals surface area contributed by atoms with Crippen LogP contribution in [0.15, 0.2) is 109 Å². The van der Waals surface area contributed by atoms with Crippen molar-refractivity contribution in [1.29, 1.82) is 0 Å². The van der Waals surface area contributed by atoms with Crippen LogP contribution in [-0.4, -0.2) is 16.5 Å². The number of nitro groups is 1. The van der Waals surface area contributed by atoms with Crippen LogP contribution in [0.3, 0.4) is 0 Å². The standard InChI is InChI=1S/C30H19NO4/c32-26(19-11-3-1-4-12-19)28-23-17-9-10-18-24(23)30(31(34)35)22-16-8-7-15-21(22)25(28)29(28,30)27(33)20-13-5-2-6-14-20/h1-18,25H/t25-,28+,29+,30-/m1/s1. The van der Waals surface area contributed by atoms with Crippen molar-refractivity contribution >= 4 is 11.6 Å². The molecule has 0 amide bonds. The lowest BCUT2D eigenvalue weighted by Crippen LogP contribution is -2.48. The zero-order valence-corrected chi connectivity index (χ0v) is 18.5. The van der Waals surface area contributed by atoms with Crippen LogP contribution in [0.1, 0.15) is 48.9 Å². The summed E-state index contributed by atoms with van der Waals surface area (Å²) >= 11 is 0. The number of carbonyl (C=O) groups is 2. The molecule has 4 aromatic rings. The molecule has 0 heterocycles. The Labute approximate surface area is 201 Å². The van der Waals surface area contributed by atoms with Gasteiger partial charge in [0.05, 0.1) is 5.41 Å². The molecule has 35 heavy (non-hydrogen) atoms. The number of benzene rings is 4. The SMILES string of the molecule is O=C(c1ccccc1)[C@]12[C@@H]3c4ccccc4[C@@]1([N+](=O)[O-])c1ccccc1[C@@]32C(=O)c1ccccc1. The average Bonchev–Trinajstić information content (AvgIpc) is 3.38. The van der Waals surface area contributed by atoms with Crippen molar-refractivity contribution in [1.82, 2.24) is 0 Å². The molecule has 4 aromatic carbocycles. The van der Waals surface area contributed by atoms with Crippen molar-refractivity contribution in [3.05, 3.63) is 153 Å². The van der Waals surface area contributed by atoms with Crippen molar-refractivity contribution in [3.63, 3.8) is 0 Å². The highest BCUT2D eigenvalue weighted by Crippen LogP contribution is 2.91. The van der Waals surface area contributed by atoms with E-state index in [9.17, 15) is 19.7 Å². The molecule has 0 saturated heterocycles. The van der Waals surface area contributed by atoms with Crippen LogP contribution in [0.25, 0.3) is 0 Å². The van der Waals surface area contributed by atoms with Gasteiger partial charge in [0.2, 0.25) is 0 Å². The van der Waals surface area contributed by atoms with Gasteiger partial charge in [0.15, 0.2) is 11.6 Å². The van der Waals surface area contributed by atoms with E-state index in [-0.39, 0.29) is 16.5 Å². The van der Waals surface area contributed by atoms with Crippen LogP contribution < -0.4 is 0 Å². The van der Waals surface area contributed by atoms with E-state index in [1.54, 1.807) is 91.0 Å². The lowest BCUT2D eigenvalue weighted by molar-refractivity contribution is -0.574. The van der Waals surface area contributed by atoms with Crippen molar-refractivity contribution in [2.45, 2.75) is 16.9 Å². The second-order valence-corrected chi connectivity index (χ2v) is 9.54. The third-order valence-electron chi connectivity index (χ3n) is 8.44. The van der Waals surface area contributed by atoms with E-state index in [0.717, 1.165) is 0 Å². The van der Waals surface area contributed by atoms with E-state index in [4.69, 9.17) is 0 Å². The smallest absolute Gasteiger partial charge is 0.287 e. The zero-order chi connectivity index (χ0) is 24.0. The van der Waals surface area contributed by atoms with E-state index < -0.39 is 22.3 Å². The summed E-state index contributed by atoms with van der Waals surface area (Å²) in [6.45, 7) is 0. The normalized spacial score (nSPS) is 28.5. The Balaban J connectivity index is 1.65. The Hall–Kier alpha value is -4.38. The topological polar surface area (TPSA) is 77.3 Å². The molecule has 5 nitrogen and oxygen atoms in total. The molecule has 5 heteroatoms. The molecule has 168 valence electrons. The maximum atomic E-state index is 14.6. The number of rotatable bonds is 5. The number of Topliss-reactive ketones (excluding diaryl/α,β-unsaturated/α-hetero) is 2. The minimum absolute atomic E-state index is 0.238. The summed E-state index contributed by atoms with van der Waals surface area (Å²) in [5, 5.41) is 13.3. The molecule has 3 aliphatic carbocycles. The third-order valence-corrected chi connectivity index (χ3v) is 8.44. The lowest BCUT2D eigenvalue weighted by atomic mass is 9.70. The molecule has 0 bridgehead atoms. The fraction of sp³-hybridized carbons (Fsp3) is 0.133. The average molecular weight is 457 g/mol. The fourth-order valence-corrected chi connectivity index (χ4v) is 7.48. The minimum Gasteiger partial charge on any atom is -0.293 e. The molecule has 0 spiro atoms. The van der Waals surface area contributed by atoms with E-state index in [1.165, 1.54) is 0 Å². The maximum absolute atomic E-state index is 14.6. The van der Waals surface area contributed by atoms with Crippen molar-refractivity contribution in [3.8, 4) is 0 Å². The highest BCUT2D eigenvalue weighted by atomic mass is 16.6. The Kier molecular flexibility index (Phi) is 3.66. The monoisotopic (exact) mass is 457 g/mol. The number of ketones is 2. The molecular formula is C30H19NO4. The first-order valence-electron chi connectivity index (χ1n) is 11.6. The van der Waals surface area contributed by atoms with E-state index in [0.29, 0.717) is 33.4 Å². The van der Waals surface area contributed by atoms with E-state index in [1.807, 2.05) is 18.2 Å². The number of nitrogens with zero attached hydrogens (tertiary/aromatic N) is 1. The Morgan fingerprint density at radius 3 is 1.71 bits per heavy atom. The van der Waals surface area contributed by atoms with Crippen LogP contribution in [-0.2, 0) is 11.0 Å². The van der Waals surface area contributed by atoms with Crippen LogP contribution in [0.5, 0.6) is 0 Å². The van der Waals surface area contributed by atoms with Gasteiger partial charge < -0.3 is 0 Å². The van der Waals surface area contributed by atoms with Crippen LogP contribution in [0.2, 0.25) is 0 Å². The van der Waals surface area contributed by atoms with Crippen molar-refractivity contribution < 1.29 is 14.5 Å². The van der Waals surface area contributed by atoms with Gasteiger partial charge in [-0.15, -0.1) is 0 Å².